The molecule has 0 saturated heterocycles. The summed E-state index contributed by atoms with van der Waals surface area (Å²) in [4.78, 5) is 4.61. The molecule has 0 aromatic heterocycles. The second kappa shape index (κ2) is 15.4. The van der Waals surface area contributed by atoms with E-state index in [1.807, 2.05) is 0 Å². The molecule has 0 fully saturated rings. The summed E-state index contributed by atoms with van der Waals surface area (Å²) in [5.74, 6) is 0. The third-order valence-electron chi connectivity index (χ3n) is 10.2. The average Bonchev–Trinajstić information content (AvgIpc) is 3.25. The van der Waals surface area contributed by atoms with Gasteiger partial charge in [-0.3, -0.25) is 0 Å². The van der Waals surface area contributed by atoms with Crippen LogP contribution in [0, 0.1) is 0 Å². The molecule has 0 bridgehead atoms. The van der Waals surface area contributed by atoms with Crippen molar-refractivity contribution in [3.63, 3.8) is 0 Å². The van der Waals surface area contributed by atoms with E-state index in [2.05, 4.69) is 237 Å². The summed E-state index contributed by atoms with van der Waals surface area (Å²) in [7, 11) is 2.16. The van der Waals surface area contributed by atoms with E-state index < -0.39 is 0 Å². The highest BCUT2D eigenvalue weighted by Crippen LogP contribution is 2.39. The Morgan fingerprint density at radius 2 is 0.889 bits per heavy atom. The first-order valence-electron chi connectivity index (χ1n) is 18.5. The van der Waals surface area contributed by atoms with Crippen molar-refractivity contribution in [3.05, 3.63) is 224 Å². The van der Waals surface area contributed by atoms with E-state index in [4.69, 9.17) is 0 Å². The van der Waals surface area contributed by atoms with E-state index in [0.29, 0.717) is 0 Å². The molecule has 8 rings (SSSR count). The maximum absolute atomic E-state index is 4.49. The van der Waals surface area contributed by atoms with E-state index in [1.54, 1.807) is 0 Å². The number of nitrogens with zero attached hydrogens (tertiary/aromatic N) is 2. The molecule has 54 heavy (non-hydrogen) atoms. The monoisotopic (exact) mass is 694 g/mol. The van der Waals surface area contributed by atoms with Crippen LogP contribution in [0.4, 0.5) is 22.7 Å². The Kier molecular flexibility index (Phi) is 9.74. The summed E-state index contributed by atoms with van der Waals surface area (Å²) in [6.07, 6.45) is 6.45. The predicted octanol–water partition coefficient (Wildman–Crippen LogP) is 14.4. The Bertz CT molecular complexity index is 2460. The summed E-state index contributed by atoms with van der Waals surface area (Å²) in [6.45, 7) is 6.59. The lowest BCUT2D eigenvalue weighted by Crippen LogP contribution is -2.15. The molecular weight excluding hydrogens is 653 g/mol. The third kappa shape index (κ3) is 6.98. The molecule has 0 unspecified atom stereocenters. The van der Waals surface area contributed by atoms with Crippen molar-refractivity contribution in [3.8, 4) is 22.3 Å². The summed E-state index contributed by atoms with van der Waals surface area (Å²) in [5.41, 5.74) is 12.3. The number of rotatable bonds is 10. The zero-order valence-electron chi connectivity index (χ0n) is 30.7. The zero-order valence-corrected chi connectivity index (χ0v) is 30.7. The molecule has 0 heterocycles. The molecule has 0 spiro atoms. The van der Waals surface area contributed by atoms with Gasteiger partial charge in [-0.15, -0.1) is 0 Å². The predicted molar refractivity (Wildman–Crippen MR) is 234 cm³/mol. The van der Waals surface area contributed by atoms with Crippen LogP contribution < -0.4 is 9.80 Å². The van der Waals surface area contributed by atoms with E-state index in [-0.39, 0.29) is 0 Å². The van der Waals surface area contributed by atoms with Crippen LogP contribution in [-0.2, 0) is 0 Å². The fourth-order valence-electron chi connectivity index (χ4n) is 7.28. The van der Waals surface area contributed by atoms with Crippen LogP contribution >= 0.6 is 0 Å². The van der Waals surface area contributed by atoms with Crippen LogP contribution in [0.2, 0.25) is 0 Å². The highest BCUT2D eigenvalue weighted by molar-refractivity contribution is 6.12. The molecule has 2 heteroatoms. The zero-order chi connectivity index (χ0) is 36.9. The van der Waals surface area contributed by atoms with Gasteiger partial charge in [0.15, 0.2) is 0 Å². The van der Waals surface area contributed by atoms with E-state index in [0.717, 1.165) is 33.9 Å². The van der Waals surface area contributed by atoms with Crippen LogP contribution in [0.25, 0.3) is 49.4 Å². The number of allylic oxidation sites excluding steroid dienone is 4. The lowest BCUT2D eigenvalue weighted by molar-refractivity contribution is 1.20. The number of anilines is 4. The van der Waals surface area contributed by atoms with Gasteiger partial charge < -0.3 is 9.80 Å². The van der Waals surface area contributed by atoms with Gasteiger partial charge in [0.05, 0.1) is 5.69 Å². The standard InChI is InChI=1S/C52H42N2/c1-4-46(54(48-33-26-42(27-34-48)40-15-7-5-8-16-40)49-35-28-43(29-36-49)41-17-9-6-10-18-41)30-23-38(2)39-24-31-47(32-25-39)53(3)52-50-21-13-11-19-44(50)37-45-20-12-14-22-51(45)52/h4-37H,2H2,1,3H3/b30-23-,46-4+. The largest absolute Gasteiger partial charge is 0.344 e. The van der Waals surface area contributed by atoms with Crippen molar-refractivity contribution in [2.45, 2.75) is 6.92 Å². The first-order valence-corrected chi connectivity index (χ1v) is 18.5. The van der Waals surface area contributed by atoms with Gasteiger partial charge >= 0.3 is 0 Å². The maximum Gasteiger partial charge on any atom is 0.0567 e. The fraction of sp³-hybridized carbons (Fsp3) is 0.0385. The molecule has 0 amide bonds. The molecule has 0 aliphatic carbocycles. The molecule has 0 aliphatic rings. The maximum atomic E-state index is 4.49. The van der Waals surface area contributed by atoms with E-state index in [1.165, 1.54) is 49.5 Å². The lowest BCUT2D eigenvalue weighted by atomic mass is 9.99. The van der Waals surface area contributed by atoms with Crippen LogP contribution in [0.1, 0.15) is 12.5 Å². The van der Waals surface area contributed by atoms with Crippen molar-refractivity contribution in [1.29, 1.82) is 0 Å². The molecule has 8 aromatic rings. The van der Waals surface area contributed by atoms with Crippen molar-refractivity contribution in [1.82, 2.24) is 0 Å². The molecule has 0 aliphatic heterocycles. The lowest BCUT2D eigenvalue weighted by Gasteiger charge is -2.27. The van der Waals surface area contributed by atoms with E-state index in [9.17, 15) is 0 Å². The summed E-state index contributed by atoms with van der Waals surface area (Å²) < 4.78 is 0. The molecular formula is C52H42N2. The second-order valence-corrected chi connectivity index (χ2v) is 13.5. The highest BCUT2D eigenvalue weighted by atomic mass is 15.1. The quantitative estimate of drug-likeness (QED) is 0.104. The van der Waals surface area contributed by atoms with Gasteiger partial charge in [0, 0.05) is 40.6 Å². The van der Waals surface area contributed by atoms with Gasteiger partial charge in [0.1, 0.15) is 0 Å². The topological polar surface area (TPSA) is 6.48 Å². The minimum absolute atomic E-state index is 0.943. The second-order valence-electron chi connectivity index (χ2n) is 13.5. The molecule has 0 radical (unpaired) electrons. The molecule has 2 nitrogen and oxygen atoms in total. The number of benzene rings is 8. The van der Waals surface area contributed by atoms with Gasteiger partial charge in [-0.05, 0) is 99.6 Å². The first kappa shape index (κ1) is 34.2. The molecule has 260 valence electrons. The molecule has 0 N–H and O–H groups in total. The Labute approximate surface area is 318 Å². The van der Waals surface area contributed by atoms with Crippen molar-refractivity contribution in [2.75, 3.05) is 16.8 Å². The van der Waals surface area contributed by atoms with Gasteiger partial charge in [-0.1, -0.05) is 164 Å². The Morgan fingerprint density at radius 3 is 1.37 bits per heavy atom. The van der Waals surface area contributed by atoms with Crippen LogP contribution in [0.15, 0.2) is 219 Å². The van der Waals surface area contributed by atoms with Crippen LogP contribution in [0.3, 0.4) is 0 Å². The summed E-state index contributed by atoms with van der Waals surface area (Å²) in [6, 6.07) is 66.9. The third-order valence-corrected chi connectivity index (χ3v) is 10.2. The normalized spacial score (nSPS) is 11.6. The van der Waals surface area contributed by atoms with Gasteiger partial charge in [0.25, 0.3) is 0 Å². The number of hydrogen-bond donors (Lipinski definition) is 0. The first-order chi connectivity index (χ1) is 26.6. The minimum atomic E-state index is 0.943. The van der Waals surface area contributed by atoms with Crippen molar-refractivity contribution < 1.29 is 0 Å². The van der Waals surface area contributed by atoms with Crippen molar-refractivity contribution in [2.24, 2.45) is 0 Å². The van der Waals surface area contributed by atoms with Crippen molar-refractivity contribution >= 4 is 49.9 Å². The number of fused-ring (bicyclic) bond motifs is 2. The molecule has 0 saturated carbocycles. The summed E-state index contributed by atoms with van der Waals surface area (Å²) in [5, 5.41) is 4.95. The van der Waals surface area contributed by atoms with Crippen LogP contribution in [-0.4, -0.2) is 7.05 Å². The van der Waals surface area contributed by atoms with E-state index >= 15 is 0 Å². The Balaban J connectivity index is 1.08. The molecule has 0 atom stereocenters. The number of hydrogen-bond acceptors (Lipinski definition) is 2. The molecule has 8 aromatic carbocycles. The highest BCUT2D eigenvalue weighted by Gasteiger charge is 2.15. The summed E-state index contributed by atoms with van der Waals surface area (Å²) >= 11 is 0. The Hall–Kier alpha value is -6.90. The SMILES string of the molecule is C=C(/C=C\C(=C/C)N(c1ccc(-c2ccccc2)cc1)c1ccc(-c2ccccc2)cc1)c1ccc(N(C)c2c3ccccc3cc3ccccc23)cc1. The van der Waals surface area contributed by atoms with Gasteiger partial charge in [0.2, 0.25) is 0 Å². The van der Waals surface area contributed by atoms with Gasteiger partial charge in [-0.2, -0.15) is 0 Å². The van der Waals surface area contributed by atoms with Gasteiger partial charge in [-0.25, -0.2) is 0 Å². The fourth-order valence-corrected chi connectivity index (χ4v) is 7.28. The Morgan fingerprint density at radius 1 is 0.463 bits per heavy atom. The minimum Gasteiger partial charge on any atom is -0.344 e. The smallest absolute Gasteiger partial charge is 0.0567 e. The average molecular weight is 695 g/mol. The van der Waals surface area contributed by atoms with Crippen LogP contribution in [0.5, 0.6) is 0 Å².